The number of rotatable bonds is 5. The van der Waals surface area contributed by atoms with Crippen molar-refractivity contribution in [3.8, 4) is 0 Å². The van der Waals surface area contributed by atoms with Crippen LogP contribution in [0.25, 0.3) is 10.8 Å². The molecule has 150 valence electrons. The van der Waals surface area contributed by atoms with E-state index < -0.39 is 29.7 Å². The second-order valence-electron chi connectivity index (χ2n) is 6.51. The number of hydrogen-bond donors (Lipinski definition) is 1. The second kappa shape index (κ2) is 8.34. The molecule has 0 unspecified atom stereocenters. The number of carbonyl (C=O) groups excluding carboxylic acids is 2. The molecule has 0 aromatic heterocycles. The number of ether oxygens (including phenoxy) is 1. The van der Waals surface area contributed by atoms with E-state index in [-0.39, 0.29) is 12.0 Å². The van der Waals surface area contributed by atoms with Crippen LogP contribution in [0.5, 0.6) is 0 Å². The van der Waals surface area contributed by atoms with E-state index in [2.05, 4.69) is 5.32 Å². The van der Waals surface area contributed by atoms with Gasteiger partial charge >= 0.3 is 12.1 Å². The van der Waals surface area contributed by atoms with Gasteiger partial charge in [-0.25, -0.2) is 4.79 Å². The molecule has 0 aliphatic rings. The Morgan fingerprint density at radius 1 is 0.966 bits per heavy atom. The average molecular weight is 401 g/mol. The SMILES string of the molecule is COC(=O)[C@@H](Cc1ccc2ccccc2c1)NC(=O)c1ccc(C(F)(F)F)cc1. The summed E-state index contributed by atoms with van der Waals surface area (Å²) in [5.41, 5.74) is -0.0213. The van der Waals surface area contributed by atoms with E-state index in [0.717, 1.165) is 40.6 Å². The van der Waals surface area contributed by atoms with Crippen LogP contribution in [0.2, 0.25) is 0 Å². The number of nitrogens with one attached hydrogen (secondary N) is 1. The normalized spacial score (nSPS) is 12.4. The van der Waals surface area contributed by atoms with Gasteiger partial charge in [0, 0.05) is 12.0 Å². The van der Waals surface area contributed by atoms with Gasteiger partial charge < -0.3 is 10.1 Å². The Balaban J connectivity index is 1.77. The van der Waals surface area contributed by atoms with E-state index in [4.69, 9.17) is 4.74 Å². The van der Waals surface area contributed by atoms with Gasteiger partial charge in [0.25, 0.3) is 5.91 Å². The fraction of sp³-hybridized carbons (Fsp3) is 0.182. The predicted octanol–water partition coefficient (Wildman–Crippen LogP) is 4.37. The molecule has 0 saturated heterocycles. The molecule has 0 aliphatic carbocycles. The Hall–Kier alpha value is -3.35. The van der Waals surface area contributed by atoms with Crippen molar-refractivity contribution >= 4 is 22.6 Å². The highest BCUT2D eigenvalue weighted by Crippen LogP contribution is 2.29. The highest BCUT2D eigenvalue weighted by atomic mass is 19.4. The Morgan fingerprint density at radius 3 is 2.24 bits per heavy atom. The summed E-state index contributed by atoms with van der Waals surface area (Å²) in [5, 5.41) is 4.57. The number of alkyl halides is 3. The second-order valence-corrected chi connectivity index (χ2v) is 6.51. The van der Waals surface area contributed by atoms with Crippen molar-refractivity contribution in [2.75, 3.05) is 7.11 Å². The van der Waals surface area contributed by atoms with Gasteiger partial charge in [0.15, 0.2) is 0 Å². The van der Waals surface area contributed by atoms with Gasteiger partial charge in [-0.3, -0.25) is 4.79 Å². The predicted molar refractivity (Wildman–Crippen MR) is 102 cm³/mol. The summed E-state index contributed by atoms with van der Waals surface area (Å²) in [4.78, 5) is 24.6. The van der Waals surface area contributed by atoms with Gasteiger partial charge in [0.2, 0.25) is 0 Å². The molecule has 3 rings (SSSR count). The monoisotopic (exact) mass is 401 g/mol. The first-order valence-electron chi connectivity index (χ1n) is 8.81. The topological polar surface area (TPSA) is 55.4 Å². The van der Waals surface area contributed by atoms with Gasteiger partial charge in [-0.2, -0.15) is 13.2 Å². The van der Waals surface area contributed by atoms with Gasteiger partial charge in [0.05, 0.1) is 12.7 Å². The number of esters is 1. The highest BCUT2D eigenvalue weighted by Gasteiger charge is 2.30. The van der Waals surface area contributed by atoms with E-state index in [0.29, 0.717) is 0 Å². The average Bonchev–Trinajstić information content (AvgIpc) is 2.72. The van der Waals surface area contributed by atoms with E-state index in [1.807, 2.05) is 42.5 Å². The fourth-order valence-electron chi connectivity index (χ4n) is 2.99. The largest absolute Gasteiger partial charge is 0.467 e. The number of halogens is 3. The number of amides is 1. The third kappa shape index (κ3) is 4.93. The van der Waals surface area contributed by atoms with Gasteiger partial charge in [-0.15, -0.1) is 0 Å². The molecule has 7 heteroatoms. The number of fused-ring (bicyclic) bond motifs is 1. The smallest absolute Gasteiger partial charge is 0.416 e. The van der Waals surface area contributed by atoms with Crippen LogP contribution in [0, 0.1) is 0 Å². The minimum Gasteiger partial charge on any atom is -0.467 e. The van der Waals surface area contributed by atoms with Crippen LogP contribution < -0.4 is 5.32 Å². The minimum atomic E-state index is -4.49. The molecular weight excluding hydrogens is 383 g/mol. The highest BCUT2D eigenvalue weighted by molar-refractivity contribution is 5.97. The summed E-state index contributed by atoms with van der Waals surface area (Å²) < 4.78 is 42.8. The first kappa shape index (κ1) is 20.4. The lowest BCUT2D eigenvalue weighted by atomic mass is 10.0. The third-order valence-electron chi connectivity index (χ3n) is 4.52. The van der Waals surface area contributed by atoms with Crippen molar-refractivity contribution in [3.05, 3.63) is 83.4 Å². The van der Waals surface area contributed by atoms with Crippen LogP contribution in [-0.2, 0) is 22.1 Å². The van der Waals surface area contributed by atoms with Crippen molar-refractivity contribution in [3.63, 3.8) is 0 Å². The summed E-state index contributed by atoms with van der Waals surface area (Å²) in [6.45, 7) is 0. The standard InChI is InChI=1S/C22H18F3NO3/c1-29-21(28)19(13-14-6-7-15-4-2-3-5-17(15)12-14)26-20(27)16-8-10-18(11-9-16)22(23,24)25/h2-12,19H,13H2,1H3,(H,26,27)/t19-/m1/s1. The van der Waals surface area contributed by atoms with Crippen LogP contribution in [-0.4, -0.2) is 25.0 Å². The van der Waals surface area contributed by atoms with Gasteiger partial charge in [-0.1, -0.05) is 42.5 Å². The molecule has 3 aromatic carbocycles. The molecule has 29 heavy (non-hydrogen) atoms. The zero-order valence-corrected chi connectivity index (χ0v) is 15.5. The molecule has 0 radical (unpaired) electrons. The molecule has 0 spiro atoms. The summed E-state index contributed by atoms with van der Waals surface area (Å²) >= 11 is 0. The van der Waals surface area contributed by atoms with E-state index in [1.54, 1.807) is 0 Å². The first-order chi connectivity index (χ1) is 13.8. The maximum absolute atomic E-state index is 12.7. The molecule has 1 atom stereocenters. The Labute approximate surface area is 165 Å². The molecule has 0 fully saturated rings. The van der Waals surface area contributed by atoms with Crippen molar-refractivity contribution in [1.82, 2.24) is 5.32 Å². The van der Waals surface area contributed by atoms with Crippen LogP contribution >= 0.6 is 0 Å². The van der Waals surface area contributed by atoms with Crippen molar-refractivity contribution < 1.29 is 27.5 Å². The maximum atomic E-state index is 12.7. The third-order valence-corrected chi connectivity index (χ3v) is 4.52. The lowest BCUT2D eigenvalue weighted by molar-refractivity contribution is -0.142. The van der Waals surface area contributed by atoms with E-state index in [1.165, 1.54) is 7.11 Å². The van der Waals surface area contributed by atoms with Crippen LogP contribution in [0.15, 0.2) is 66.7 Å². The molecular formula is C22H18F3NO3. The quantitative estimate of drug-likeness (QED) is 0.646. The van der Waals surface area contributed by atoms with E-state index >= 15 is 0 Å². The van der Waals surface area contributed by atoms with Crippen LogP contribution in [0.3, 0.4) is 0 Å². The molecule has 0 aliphatic heterocycles. The Kier molecular flexibility index (Phi) is 5.87. The summed E-state index contributed by atoms with van der Waals surface area (Å²) in [7, 11) is 1.21. The maximum Gasteiger partial charge on any atom is 0.416 e. The summed E-state index contributed by atoms with van der Waals surface area (Å²) in [6, 6.07) is 16.2. The molecule has 0 saturated carbocycles. The van der Waals surface area contributed by atoms with Gasteiger partial charge in [-0.05, 0) is 40.6 Å². The zero-order chi connectivity index (χ0) is 21.0. The number of benzene rings is 3. The summed E-state index contributed by atoms with van der Waals surface area (Å²) in [6.07, 6.45) is -4.30. The number of hydrogen-bond acceptors (Lipinski definition) is 3. The number of carbonyl (C=O) groups is 2. The zero-order valence-electron chi connectivity index (χ0n) is 15.5. The van der Waals surface area contributed by atoms with Crippen molar-refractivity contribution in [2.24, 2.45) is 0 Å². The van der Waals surface area contributed by atoms with Crippen molar-refractivity contribution in [2.45, 2.75) is 18.6 Å². The van der Waals surface area contributed by atoms with Crippen LogP contribution in [0.4, 0.5) is 13.2 Å². The molecule has 1 N–H and O–H groups in total. The van der Waals surface area contributed by atoms with Crippen LogP contribution in [0.1, 0.15) is 21.5 Å². The fourth-order valence-corrected chi connectivity index (χ4v) is 2.99. The Bertz CT molecular complexity index is 1030. The molecule has 0 heterocycles. The van der Waals surface area contributed by atoms with Crippen molar-refractivity contribution in [1.29, 1.82) is 0 Å². The molecule has 1 amide bonds. The first-order valence-corrected chi connectivity index (χ1v) is 8.81. The Morgan fingerprint density at radius 2 is 1.62 bits per heavy atom. The summed E-state index contributed by atoms with van der Waals surface area (Å²) in [5.74, 6) is -1.30. The molecule has 3 aromatic rings. The lowest BCUT2D eigenvalue weighted by Crippen LogP contribution is -2.43. The lowest BCUT2D eigenvalue weighted by Gasteiger charge is -2.17. The molecule has 4 nitrogen and oxygen atoms in total. The molecule has 0 bridgehead atoms. The minimum absolute atomic E-state index is 0.0189. The van der Waals surface area contributed by atoms with Gasteiger partial charge in [0.1, 0.15) is 6.04 Å². The van der Waals surface area contributed by atoms with E-state index in [9.17, 15) is 22.8 Å². The number of methoxy groups -OCH3 is 1.